The predicted octanol–water partition coefficient (Wildman–Crippen LogP) is 1.67. The Bertz CT molecular complexity index is 506. The van der Waals surface area contributed by atoms with Gasteiger partial charge >= 0.3 is 0 Å². The maximum absolute atomic E-state index is 14.5. The fraction of sp³-hybridized carbons (Fsp3) is 0.625. The number of alkyl halides is 2. The highest BCUT2D eigenvalue weighted by Crippen LogP contribution is 2.26. The third-order valence-corrected chi connectivity index (χ3v) is 4.58. The van der Waals surface area contributed by atoms with Crippen molar-refractivity contribution in [2.45, 2.75) is 12.2 Å². The van der Waals surface area contributed by atoms with Gasteiger partial charge in [0.05, 0.1) is 42.9 Å². The minimum atomic E-state index is -0.781. The predicted molar refractivity (Wildman–Crippen MR) is 95.1 cm³/mol. The van der Waals surface area contributed by atoms with Crippen LogP contribution in [0.25, 0.3) is 0 Å². The Labute approximate surface area is 151 Å². The summed E-state index contributed by atoms with van der Waals surface area (Å²) < 4.78 is 19.8. The lowest BCUT2D eigenvalue weighted by molar-refractivity contribution is 0.122. The lowest BCUT2D eigenvalue weighted by atomic mass is 10.2. The smallest absolute Gasteiger partial charge is 0.148 e. The molecule has 1 aromatic carbocycles. The SMILES string of the molecule is O[C@H](CCl)CN(C[C@@H](O)CCl)c1ccc(N2CCOCC2)c(F)c1. The van der Waals surface area contributed by atoms with E-state index in [-0.39, 0.29) is 30.7 Å². The van der Waals surface area contributed by atoms with E-state index in [4.69, 9.17) is 27.9 Å². The molecule has 0 amide bonds. The Morgan fingerprint density at radius 3 is 2.21 bits per heavy atom. The van der Waals surface area contributed by atoms with Crippen LogP contribution in [0, 0.1) is 5.82 Å². The van der Waals surface area contributed by atoms with Gasteiger partial charge in [-0.2, -0.15) is 0 Å². The molecule has 2 rings (SSSR count). The highest BCUT2D eigenvalue weighted by atomic mass is 35.5. The second kappa shape index (κ2) is 9.63. The minimum absolute atomic E-state index is 0.0574. The Hall–Kier alpha value is -0.790. The molecule has 0 aliphatic carbocycles. The van der Waals surface area contributed by atoms with Crippen LogP contribution < -0.4 is 9.80 Å². The first kappa shape index (κ1) is 19.5. The van der Waals surface area contributed by atoms with Crippen LogP contribution in [0.2, 0.25) is 0 Å². The standard InChI is InChI=1S/C16H23Cl2FN2O3/c17-8-13(22)10-21(11-14(23)9-18)12-1-2-16(15(19)7-12)20-3-5-24-6-4-20/h1-2,7,13-14,22-23H,3-6,8-11H2/t13-,14+. The number of halogens is 3. The van der Waals surface area contributed by atoms with Crippen LogP contribution in [0.1, 0.15) is 0 Å². The Balaban J connectivity index is 2.17. The molecule has 0 aromatic heterocycles. The molecule has 0 spiro atoms. The van der Waals surface area contributed by atoms with Gasteiger partial charge in [-0.05, 0) is 18.2 Å². The summed E-state index contributed by atoms with van der Waals surface area (Å²) in [5.74, 6) is -0.232. The Kier molecular flexibility index (Phi) is 7.84. The molecule has 2 atom stereocenters. The third-order valence-electron chi connectivity index (χ3n) is 3.87. The maximum atomic E-state index is 14.5. The summed E-state index contributed by atoms with van der Waals surface area (Å²) in [6.07, 6.45) is -1.56. The number of rotatable bonds is 8. The maximum Gasteiger partial charge on any atom is 0.148 e. The largest absolute Gasteiger partial charge is 0.390 e. The van der Waals surface area contributed by atoms with Gasteiger partial charge in [-0.3, -0.25) is 0 Å². The average molecular weight is 381 g/mol. The summed E-state index contributed by atoms with van der Waals surface area (Å²) >= 11 is 11.3. The van der Waals surface area contributed by atoms with Gasteiger partial charge in [0.2, 0.25) is 0 Å². The fourth-order valence-electron chi connectivity index (χ4n) is 2.64. The molecule has 1 heterocycles. The fourth-order valence-corrected chi connectivity index (χ4v) is 2.84. The molecule has 1 aliphatic heterocycles. The van der Waals surface area contributed by atoms with Crippen LogP contribution in [0.15, 0.2) is 18.2 Å². The van der Waals surface area contributed by atoms with Gasteiger partial charge in [0.15, 0.2) is 0 Å². The van der Waals surface area contributed by atoms with Crippen LogP contribution in [-0.2, 0) is 4.74 Å². The van der Waals surface area contributed by atoms with E-state index in [1.807, 2.05) is 4.90 Å². The van der Waals surface area contributed by atoms with E-state index < -0.39 is 12.2 Å². The first-order chi connectivity index (χ1) is 11.5. The minimum Gasteiger partial charge on any atom is -0.390 e. The number of morpholine rings is 1. The van der Waals surface area contributed by atoms with E-state index in [9.17, 15) is 14.6 Å². The number of aliphatic hydroxyl groups is 2. The second-order valence-corrected chi connectivity index (χ2v) is 6.37. The van der Waals surface area contributed by atoms with E-state index in [1.54, 1.807) is 17.0 Å². The van der Waals surface area contributed by atoms with Crippen LogP contribution in [-0.4, -0.2) is 73.6 Å². The average Bonchev–Trinajstić information content (AvgIpc) is 2.61. The lowest BCUT2D eigenvalue weighted by Crippen LogP contribution is -2.39. The van der Waals surface area contributed by atoms with Gasteiger partial charge in [0.1, 0.15) is 5.82 Å². The normalized spacial score (nSPS) is 17.6. The van der Waals surface area contributed by atoms with Gasteiger partial charge in [0, 0.05) is 31.9 Å². The van der Waals surface area contributed by atoms with Crippen LogP contribution in [0.5, 0.6) is 0 Å². The molecule has 24 heavy (non-hydrogen) atoms. The first-order valence-electron chi connectivity index (χ1n) is 7.90. The molecule has 0 radical (unpaired) electrons. The molecule has 1 saturated heterocycles. The van der Waals surface area contributed by atoms with Crippen molar-refractivity contribution >= 4 is 34.6 Å². The van der Waals surface area contributed by atoms with Crippen LogP contribution in [0.4, 0.5) is 15.8 Å². The van der Waals surface area contributed by atoms with Gasteiger partial charge in [-0.25, -0.2) is 4.39 Å². The van der Waals surface area contributed by atoms with Crippen LogP contribution in [0.3, 0.4) is 0 Å². The molecule has 0 saturated carbocycles. The van der Waals surface area contributed by atoms with Gasteiger partial charge in [-0.15, -0.1) is 23.2 Å². The van der Waals surface area contributed by atoms with Gasteiger partial charge in [-0.1, -0.05) is 0 Å². The lowest BCUT2D eigenvalue weighted by Gasteiger charge is -2.31. The number of hydrogen-bond acceptors (Lipinski definition) is 5. The van der Waals surface area contributed by atoms with Crippen molar-refractivity contribution in [3.63, 3.8) is 0 Å². The molecule has 2 N–H and O–H groups in total. The van der Waals surface area contributed by atoms with Crippen molar-refractivity contribution in [1.82, 2.24) is 0 Å². The van der Waals surface area contributed by atoms with Crippen molar-refractivity contribution < 1.29 is 19.3 Å². The number of benzene rings is 1. The van der Waals surface area contributed by atoms with Gasteiger partial charge in [0.25, 0.3) is 0 Å². The van der Waals surface area contributed by atoms with E-state index in [1.165, 1.54) is 6.07 Å². The molecular formula is C16H23Cl2FN2O3. The summed E-state index contributed by atoms with van der Waals surface area (Å²) in [5.41, 5.74) is 1.09. The second-order valence-electron chi connectivity index (χ2n) is 5.76. The van der Waals surface area contributed by atoms with E-state index in [0.29, 0.717) is 37.7 Å². The van der Waals surface area contributed by atoms with Crippen LogP contribution >= 0.6 is 23.2 Å². The highest BCUT2D eigenvalue weighted by molar-refractivity contribution is 6.18. The zero-order valence-electron chi connectivity index (χ0n) is 13.4. The number of aliphatic hydroxyl groups excluding tert-OH is 2. The molecule has 1 fully saturated rings. The van der Waals surface area contributed by atoms with Crippen molar-refractivity contribution in [3.8, 4) is 0 Å². The molecular weight excluding hydrogens is 358 g/mol. The summed E-state index contributed by atoms with van der Waals surface area (Å²) in [4.78, 5) is 3.63. The molecule has 136 valence electrons. The first-order valence-corrected chi connectivity index (χ1v) is 8.97. The number of ether oxygens (including phenoxy) is 1. The van der Waals surface area contributed by atoms with Crippen molar-refractivity contribution in [2.75, 3.05) is 61.0 Å². The number of anilines is 2. The van der Waals surface area contributed by atoms with Gasteiger partial charge < -0.3 is 24.7 Å². The molecule has 5 nitrogen and oxygen atoms in total. The van der Waals surface area contributed by atoms with Crippen molar-refractivity contribution in [2.24, 2.45) is 0 Å². The van der Waals surface area contributed by atoms with E-state index in [0.717, 1.165) is 0 Å². The quantitative estimate of drug-likeness (QED) is 0.671. The van der Waals surface area contributed by atoms with E-state index >= 15 is 0 Å². The number of nitrogens with zero attached hydrogens (tertiary/aromatic N) is 2. The molecule has 8 heteroatoms. The zero-order valence-corrected chi connectivity index (χ0v) is 14.9. The Morgan fingerprint density at radius 1 is 1.12 bits per heavy atom. The monoisotopic (exact) mass is 380 g/mol. The topological polar surface area (TPSA) is 56.2 Å². The summed E-state index contributed by atoms with van der Waals surface area (Å²) in [5, 5.41) is 19.6. The summed E-state index contributed by atoms with van der Waals surface area (Å²) in [6, 6.07) is 4.89. The Morgan fingerprint density at radius 2 is 1.71 bits per heavy atom. The molecule has 0 unspecified atom stereocenters. The molecule has 1 aromatic rings. The number of hydrogen-bond donors (Lipinski definition) is 2. The van der Waals surface area contributed by atoms with Crippen molar-refractivity contribution in [3.05, 3.63) is 24.0 Å². The zero-order chi connectivity index (χ0) is 17.5. The molecule has 0 bridgehead atoms. The van der Waals surface area contributed by atoms with Crippen molar-refractivity contribution in [1.29, 1.82) is 0 Å². The summed E-state index contributed by atoms with van der Waals surface area (Å²) in [7, 11) is 0. The highest BCUT2D eigenvalue weighted by Gasteiger charge is 2.19. The third kappa shape index (κ3) is 5.36. The van der Waals surface area contributed by atoms with E-state index in [2.05, 4.69) is 0 Å². The molecule has 1 aliphatic rings. The summed E-state index contributed by atoms with van der Waals surface area (Å²) in [6.45, 7) is 2.84.